The lowest BCUT2D eigenvalue weighted by molar-refractivity contribution is -0.0207. The number of H-pyrrole nitrogens is 1. The minimum atomic E-state index is -0.259. The maximum Gasteiger partial charge on any atom is 0.278 e. The van der Waals surface area contributed by atoms with Crippen LogP contribution < -0.4 is 5.56 Å². The van der Waals surface area contributed by atoms with Crippen LogP contribution in [0.3, 0.4) is 0 Å². The molecule has 1 aliphatic rings. The molecule has 2 N–H and O–H groups in total. The third-order valence-corrected chi connectivity index (χ3v) is 2.96. The lowest BCUT2D eigenvalue weighted by atomic mass is 10.2. The number of aromatic amines is 1. The number of aliphatic hydroxyl groups is 1. The first kappa shape index (κ1) is 10.4. The van der Waals surface area contributed by atoms with Gasteiger partial charge in [0, 0.05) is 0 Å². The summed E-state index contributed by atoms with van der Waals surface area (Å²) in [6.07, 6.45) is 4.14. The molecule has 2 atom stereocenters. The molecule has 0 unspecified atom stereocenters. The van der Waals surface area contributed by atoms with Crippen LogP contribution in [-0.4, -0.2) is 37.3 Å². The highest BCUT2D eigenvalue weighted by molar-refractivity contribution is 5.68. The molecular formula is C10H12N4O3. The second kappa shape index (κ2) is 3.94. The fraction of sp³-hybridized carbons (Fsp3) is 0.500. The molecule has 0 amide bonds. The van der Waals surface area contributed by atoms with E-state index in [0.717, 1.165) is 12.8 Å². The number of aliphatic hydroxyl groups excluding tert-OH is 1. The number of nitrogens with one attached hydrogen (secondary N) is 1. The number of hydrogen-bond acceptors (Lipinski definition) is 5. The smallest absolute Gasteiger partial charge is 0.278 e. The molecule has 7 heteroatoms. The highest BCUT2D eigenvalue weighted by atomic mass is 16.5. The van der Waals surface area contributed by atoms with Gasteiger partial charge in [-0.1, -0.05) is 0 Å². The third kappa shape index (κ3) is 1.63. The van der Waals surface area contributed by atoms with Crippen molar-refractivity contribution in [3.05, 3.63) is 23.0 Å². The van der Waals surface area contributed by atoms with E-state index in [2.05, 4.69) is 15.0 Å². The zero-order chi connectivity index (χ0) is 11.8. The molecule has 0 aromatic carbocycles. The minimum Gasteiger partial charge on any atom is -0.394 e. The van der Waals surface area contributed by atoms with Crippen molar-refractivity contribution in [2.24, 2.45) is 0 Å². The van der Waals surface area contributed by atoms with Gasteiger partial charge in [0.2, 0.25) is 0 Å². The summed E-state index contributed by atoms with van der Waals surface area (Å²) >= 11 is 0. The SMILES string of the molecule is O=c1[nH]cnc2c1ncn2[C@@H]1CC[C@@H](CO)O1. The minimum absolute atomic E-state index is 0.0111. The average molecular weight is 236 g/mol. The Labute approximate surface area is 96.1 Å². The van der Waals surface area contributed by atoms with E-state index in [4.69, 9.17) is 9.84 Å². The Morgan fingerprint density at radius 1 is 1.53 bits per heavy atom. The van der Waals surface area contributed by atoms with Gasteiger partial charge in [-0.2, -0.15) is 0 Å². The fourth-order valence-electron chi connectivity index (χ4n) is 2.10. The highest BCUT2D eigenvalue weighted by Gasteiger charge is 2.27. The summed E-state index contributed by atoms with van der Waals surface area (Å²) in [6, 6.07) is 0. The van der Waals surface area contributed by atoms with Crippen LogP contribution in [0, 0.1) is 0 Å². The molecule has 1 fully saturated rings. The van der Waals surface area contributed by atoms with Gasteiger partial charge < -0.3 is 14.8 Å². The molecule has 2 aromatic heterocycles. The number of aromatic nitrogens is 4. The van der Waals surface area contributed by atoms with Crippen molar-refractivity contribution in [3.8, 4) is 0 Å². The lowest BCUT2D eigenvalue weighted by Gasteiger charge is -2.13. The quantitative estimate of drug-likeness (QED) is 0.752. The molecule has 0 aliphatic carbocycles. The Balaban J connectivity index is 2.02. The van der Waals surface area contributed by atoms with Crippen molar-refractivity contribution in [2.45, 2.75) is 25.2 Å². The molecule has 1 saturated heterocycles. The van der Waals surface area contributed by atoms with Crippen LogP contribution in [-0.2, 0) is 4.74 Å². The van der Waals surface area contributed by atoms with Crippen molar-refractivity contribution in [1.82, 2.24) is 19.5 Å². The summed E-state index contributed by atoms with van der Waals surface area (Å²) in [5, 5.41) is 9.02. The van der Waals surface area contributed by atoms with E-state index < -0.39 is 0 Å². The van der Waals surface area contributed by atoms with Crippen molar-refractivity contribution >= 4 is 11.2 Å². The number of fused-ring (bicyclic) bond motifs is 1. The van der Waals surface area contributed by atoms with Crippen molar-refractivity contribution in [1.29, 1.82) is 0 Å². The van der Waals surface area contributed by atoms with Gasteiger partial charge in [0.1, 0.15) is 6.23 Å². The predicted octanol–water partition coefficient (Wildman–Crippen LogP) is -0.211. The van der Waals surface area contributed by atoms with E-state index in [1.54, 1.807) is 10.9 Å². The van der Waals surface area contributed by atoms with Gasteiger partial charge in [0.25, 0.3) is 5.56 Å². The molecular weight excluding hydrogens is 224 g/mol. The van der Waals surface area contributed by atoms with Crippen LogP contribution >= 0.6 is 0 Å². The van der Waals surface area contributed by atoms with Gasteiger partial charge in [-0.05, 0) is 12.8 Å². The van der Waals surface area contributed by atoms with Crippen LogP contribution in [0.1, 0.15) is 19.1 Å². The monoisotopic (exact) mass is 236 g/mol. The van der Waals surface area contributed by atoms with E-state index in [1.807, 2.05) is 0 Å². The molecule has 0 radical (unpaired) electrons. The average Bonchev–Trinajstić information content (AvgIpc) is 2.94. The van der Waals surface area contributed by atoms with Crippen LogP contribution in [0.2, 0.25) is 0 Å². The Kier molecular flexibility index (Phi) is 2.41. The molecule has 0 spiro atoms. The number of ether oxygens (including phenoxy) is 1. The van der Waals surface area contributed by atoms with Gasteiger partial charge in [-0.15, -0.1) is 0 Å². The Hall–Kier alpha value is -1.73. The largest absolute Gasteiger partial charge is 0.394 e. The van der Waals surface area contributed by atoms with Gasteiger partial charge in [-0.25, -0.2) is 9.97 Å². The summed E-state index contributed by atoms with van der Waals surface area (Å²) in [7, 11) is 0. The summed E-state index contributed by atoms with van der Waals surface area (Å²) in [5.74, 6) is 0. The summed E-state index contributed by atoms with van der Waals surface area (Å²) in [5.41, 5.74) is 0.561. The molecule has 90 valence electrons. The number of rotatable bonds is 2. The topological polar surface area (TPSA) is 93.0 Å². The molecule has 7 nitrogen and oxygen atoms in total. The second-order valence-corrected chi connectivity index (χ2v) is 4.03. The van der Waals surface area contributed by atoms with Crippen molar-refractivity contribution in [2.75, 3.05) is 6.61 Å². The summed E-state index contributed by atoms with van der Waals surface area (Å²) < 4.78 is 7.36. The van der Waals surface area contributed by atoms with E-state index >= 15 is 0 Å². The Bertz CT molecular complexity index is 590. The standard InChI is InChI=1S/C10H12N4O3/c15-3-6-1-2-7(17-6)14-5-13-8-9(14)11-4-12-10(8)16/h4-7,15H,1-3H2,(H,11,12,16)/t6-,7-/m0/s1. The van der Waals surface area contributed by atoms with Gasteiger partial charge >= 0.3 is 0 Å². The van der Waals surface area contributed by atoms with Crippen LogP contribution in [0.4, 0.5) is 0 Å². The van der Waals surface area contributed by atoms with E-state index in [-0.39, 0.29) is 24.5 Å². The molecule has 2 aromatic rings. The Morgan fingerprint density at radius 2 is 2.41 bits per heavy atom. The molecule has 1 aliphatic heterocycles. The Morgan fingerprint density at radius 3 is 3.18 bits per heavy atom. The molecule has 0 saturated carbocycles. The van der Waals surface area contributed by atoms with E-state index in [0.29, 0.717) is 11.2 Å². The lowest BCUT2D eigenvalue weighted by Crippen LogP contribution is -2.14. The summed E-state index contributed by atoms with van der Waals surface area (Å²) in [4.78, 5) is 22.1. The first-order valence-electron chi connectivity index (χ1n) is 5.46. The molecule has 3 rings (SSSR count). The number of hydrogen-bond donors (Lipinski definition) is 2. The zero-order valence-corrected chi connectivity index (χ0v) is 9.04. The molecule has 3 heterocycles. The predicted molar refractivity (Wildman–Crippen MR) is 58.4 cm³/mol. The molecule has 17 heavy (non-hydrogen) atoms. The van der Waals surface area contributed by atoms with Crippen molar-refractivity contribution in [3.63, 3.8) is 0 Å². The maximum absolute atomic E-state index is 11.5. The number of nitrogens with zero attached hydrogens (tertiary/aromatic N) is 3. The van der Waals surface area contributed by atoms with Crippen molar-refractivity contribution < 1.29 is 9.84 Å². The number of imidazole rings is 1. The van der Waals surface area contributed by atoms with E-state index in [1.165, 1.54) is 6.33 Å². The first-order valence-corrected chi connectivity index (χ1v) is 5.46. The van der Waals surface area contributed by atoms with Crippen LogP contribution in [0.25, 0.3) is 11.2 Å². The zero-order valence-electron chi connectivity index (χ0n) is 9.04. The second-order valence-electron chi connectivity index (χ2n) is 4.03. The highest BCUT2D eigenvalue weighted by Crippen LogP contribution is 2.29. The maximum atomic E-state index is 11.5. The molecule has 0 bridgehead atoms. The third-order valence-electron chi connectivity index (χ3n) is 2.96. The van der Waals surface area contributed by atoms with Crippen LogP contribution in [0.5, 0.6) is 0 Å². The fourth-order valence-corrected chi connectivity index (χ4v) is 2.10. The van der Waals surface area contributed by atoms with Gasteiger partial charge in [-0.3, -0.25) is 9.36 Å². The summed E-state index contributed by atoms with van der Waals surface area (Å²) in [6.45, 7) is 0.0111. The van der Waals surface area contributed by atoms with Gasteiger partial charge in [0.15, 0.2) is 11.2 Å². The normalized spacial score (nSPS) is 24.5. The van der Waals surface area contributed by atoms with Crippen LogP contribution in [0.15, 0.2) is 17.4 Å². The van der Waals surface area contributed by atoms with E-state index in [9.17, 15) is 4.79 Å². The van der Waals surface area contributed by atoms with Gasteiger partial charge in [0.05, 0.1) is 25.4 Å². The first-order chi connectivity index (χ1) is 8.29.